The lowest BCUT2D eigenvalue weighted by Gasteiger charge is -2.13. The molecule has 0 amide bonds. The van der Waals surface area contributed by atoms with Gasteiger partial charge in [-0.15, -0.1) is 11.3 Å². The Labute approximate surface area is 116 Å². The Morgan fingerprint density at radius 3 is 2.95 bits per heavy atom. The van der Waals surface area contributed by atoms with Crippen LogP contribution in [0.3, 0.4) is 0 Å². The minimum absolute atomic E-state index is 0.00837. The first kappa shape index (κ1) is 13.3. The molecular formula is C13H15N5S. The molecule has 0 saturated carbocycles. The first-order valence-electron chi connectivity index (χ1n) is 6.01. The lowest BCUT2D eigenvalue weighted by atomic mass is 10.2. The minimum atomic E-state index is 0.00837. The van der Waals surface area contributed by atoms with Crippen molar-refractivity contribution in [1.82, 2.24) is 9.97 Å². The van der Waals surface area contributed by atoms with Crippen molar-refractivity contribution in [3.05, 3.63) is 33.9 Å². The summed E-state index contributed by atoms with van der Waals surface area (Å²) >= 11 is 1.67. The van der Waals surface area contributed by atoms with E-state index in [0.717, 1.165) is 11.4 Å². The highest BCUT2D eigenvalue weighted by molar-refractivity contribution is 7.11. The van der Waals surface area contributed by atoms with Crippen molar-refractivity contribution >= 4 is 22.8 Å². The van der Waals surface area contributed by atoms with Gasteiger partial charge in [0.2, 0.25) is 0 Å². The van der Waals surface area contributed by atoms with E-state index in [1.165, 1.54) is 4.88 Å². The number of nitrogen functional groups attached to an aromatic ring is 1. The van der Waals surface area contributed by atoms with Gasteiger partial charge in [0.25, 0.3) is 0 Å². The van der Waals surface area contributed by atoms with Gasteiger partial charge < -0.3 is 11.1 Å². The maximum absolute atomic E-state index is 8.93. The molecule has 2 rings (SSSR count). The van der Waals surface area contributed by atoms with Crippen molar-refractivity contribution in [2.24, 2.45) is 0 Å². The highest BCUT2D eigenvalue weighted by Crippen LogP contribution is 2.26. The summed E-state index contributed by atoms with van der Waals surface area (Å²) < 4.78 is 0. The Bertz CT molecular complexity index is 614. The molecule has 1 atom stereocenters. The standard InChI is InChI=1S/C13H15N5S/c1-3-10-7-17-13(19-10)8(2)18-12-11(15)9(6-14)4-5-16-12/h4-5,7-8H,3,15H2,1-2H3,(H,16,18). The summed E-state index contributed by atoms with van der Waals surface area (Å²) in [5.74, 6) is 0.528. The van der Waals surface area contributed by atoms with Crippen LogP contribution >= 0.6 is 11.3 Å². The molecule has 2 aromatic heterocycles. The van der Waals surface area contributed by atoms with Gasteiger partial charge in [-0.25, -0.2) is 9.97 Å². The van der Waals surface area contributed by atoms with Gasteiger partial charge in [0, 0.05) is 17.3 Å². The minimum Gasteiger partial charge on any atom is -0.395 e. The number of aromatic nitrogens is 2. The highest BCUT2D eigenvalue weighted by Gasteiger charge is 2.13. The number of pyridine rings is 1. The van der Waals surface area contributed by atoms with Crippen LogP contribution in [0.4, 0.5) is 11.5 Å². The molecule has 5 nitrogen and oxygen atoms in total. The van der Waals surface area contributed by atoms with Crippen molar-refractivity contribution in [3.8, 4) is 6.07 Å². The van der Waals surface area contributed by atoms with E-state index in [1.807, 2.05) is 19.2 Å². The lowest BCUT2D eigenvalue weighted by Crippen LogP contribution is -2.10. The average molecular weight is 273 g/mol. The number of nitriles is 1. The van der Waals surface area contributed by atoms with Crippen LogP contribution in [0.15, 0.2) is 18.5 Å². The molecule has 19 heavy (non-hydrogen) atoms. The number of aryl methyl sites for hydroxylation is 1. The van der Waals surface area contributed by atoms with Gasteiger partial charge in [0.15, 0.2) is 5.82 Å². The Morgan fingerprint density at radius 2 is 2.32 bits per heavy atom. The van der Waals surface area contributed by atoms with Crippen LogP contribution in [-0.4, -0.2) is 9.97 Å². The number of anilines is 2. The van der Waals surface area contributed by atoms with Gasteiger partial charge in [0.1, 0.15) is 11.1 Å². The van der Waals surface area contributed by atoms with Crippen molar-refractivity contribution in [3.63, 3.8) is 0 Å². The van der Waals surface area contributed by atoms with Crippen molar-refractivity contribution in [2.45, 2.75) is 26.3 Å². The van der Waals surface area contributed by atoms with Crippen molar-refractivity contribution < 1.29 is 0 Å². The van der Waals surface area contributed by atoms with Gasteiger partial charge in [-0.3, -0.25) is 0 Å². The van der Waals surface area contributed by atoms with Crippen LogP contribution in [0.25, 0.3) is 0 Å². The third-order valence-electron chi connectivity index (χ3n) is 2.75. The molecular weight excluding hydrogens is 258 g/mol. The zero-order valence-corrected chi connectivity index (χ0v) is 11.7. The van der Waals surface area contributed by atoms with E-state index in [9.17, 15) is 0 Å². The van der Waals surface area contributed by atoms with Crippen molar-refractivity contribution in [2.75, 3.05) is 11.1 Å². The second kappa shape index (κ2) is 5.67. The summed E-state index contributed by atoms with van der Waals surface area (Å²) in [5.41, 5.74) is 6.69. The maximum atomic E-state index is 8.93. The predicted molar refractivity (Wildman–Crippen MR) is 76.9 cm³/mol. The molecule has 0 aromatic carbocycles. The average Bonchev–Trinajstić information content (AvgIpc) is 2.90. The first-order valence-corrected chi connectivity index (χ1v) is 6.83. The molecule has 98 valence electrons. The summed E-state index contributed by atoms with van der Waals surface area (Å²) in [7, 11) is 0. The topological polar surface area (TPSA) is 87.6 Å². The molecule has 1 unspecified atom stereocenters. The number of hydrogen-bond acceptors (Lipinski definition) is 6. The van der Waals surface area contributed by atoms with Crippen molar-refractivity contribution in [1.29, 1.82) is 5.26 Å². The summed E-state index contributed by atoms with van der Waals surface area (Å²) in [6.07, 6.45) is 4.44. The molecule has 0 aliphatic carbocycles. The van der Waals surface area contributed by atoms with Gasteiger partial charge in [0.05, 0.1) is 17.3 Å². The lowest BCUT2D eigenvalue weighted by molar-refractivity contribution is 0.861. The fourth-order valence-electron chi connectivity index (χ4n) is 1.64. The van der Waals surface area contributed by atoms with E-state index < -0.39 is 0 Å². The number of nitrogens with one attached hydrogen (secondary N) is 1. The van der Waals surface area contributed by atoms with E-state index in [0.29, 0.717) is 17.1 Å². The number of thiazole rings is 1. The van der Waals surface area contributed by atoms with E-state index in [-0.39, 0.29) is 6.04 Å². The Balaban J connectivity index is 2.19. The third-order valence-corrected chi connectivity index (χ3v) is 4.08. The van der Waals surface area contributed by atoms with E-state index >= 15 is 0 Å². The summed E-state index contributed by atoms with van der Waals surface area (Å²) in [5, 5.41) is 13.1. The number of nitrogens with two attached hydrogens (primary N) is 1. The smallest absolute Gasteiger partial charge is 0.151 e. The van der Waals surface area contributed by atoms with Crippen LogP contribution in [0.5, 0.6) is 0 Å². The molecule has 3 N–H and O–H groups in total. The summed E-state index contributed by atoms with van der Waals surface area (Å²) in [4.78, 5) is 9.79. The fraction of sp³-hybridized carbons (Fsp3) is 0.308. The second-order valence-corrected chi connectivity index (χ2v) is 5.26. The molecule has 2 aromatic rings. The van der Waals surface area contributed by atoms with Gasteiger partial charge in [-0.2, -0.15) is 5.26 Å². The quantitative estimate of drug-likeness (QED) is 0.894. The third kappa shape index (κ3) is 2.83. The van der Waals surface area contributed by atoms with E-state index in [2.05, 4.69) is 22.2 Å². The predicted octanol–water partition coefficient (Wildman–Crippen LogP) is 2.73. The monoisotopic (exact) mass is 273 g/mol. The highest BCUT2D eigenvalue weighted by atomic mass is 32.1. The molecule has 0 radical (unpaired) electrons. The SMILES string of the molecule is CCc1cnc(C(C)Nc2nccc(C#N)c2N)s1. The number of rotatable bonds is 4. The van der Waals surface area contributed by atoms with E-state index in [1.54, 1.807) is 23.6 Å². The molecule has 0 aliphatic rings. The largest absolute Gasteiger partial charge is 0.395 e. The number of hydrogen-bond donors (Lipinski definition) is 2. The summed E-state index contributed by atoms with van der Waals surface area (Å²) in [6.45, 7) is 4.10. The molecule has 0 spiro atoms. The molecule has 0 aliphatic heterocycles. The summed E-state index contributed by atoms with van der Waals surface area (Å²) in [6, 6.07) is 3.65. The van der Waals surface area contributed by atoms with Gasteiger partial charge >= 0.3 is 0 Å². The van der Waals surface area contributed by atoms with Crippen LogP contribution in [0.1, 0.15) is 35.3 Å². The van der Waals surface area contributed by atoms with E-state index in [4.69, 9.17) is 11.0 Å². The Hall–Kier alpha value is -2.13. The first-order chi connectivity index (χ1) is 9.15. The van der Waals surface area contributed by atoms with Crippen LogP contribution in [-0.2, 0) is 6.42 Å². The second-order valence-electron chi connectivity index (χ2n) is 4.12. The number of nitrogens with zero attached hydrogens (tertiary/aromatic N) is 3. The zero-order valence-electron chi connectivity index (χ0n) is 10.8. The Morgan fingerprint density at radius 1 is 1.53 bits per heavy atom. The van der Waals surface area contributed by atoms with Crippen LogP contribution in [0.2, 0.25) is 0 Å². The molecule has 2 heterocycles. The van der Waals surface area contributed by atoms with Crippen LogP contribution in [0, 0.1) is 11.3 Å². The Kier molecular flexibility index (Phi) is 3.97. The molecule has 6 heteroatoms. The molecule has 0 saturated heterocycles. The maximum Gasteiger partial charge on any atom is 0.151 e. The van der Waals surface area contributed by atoms with Crippen LogP contribution < -0.4 is 11.1 Å². The van der Waals surface area contributed by atoms with Gasteiger partial charge in [-0.1, -0.05) is 6.92 Å². The fourth-order valence-corrected chi connectivity index (χ4v) is 2.50. The molecule has 0 bridgehead atoms. The normalized spacial score (nSPS) is 11.8. The molecule has 0 fully saturated rings. The zero-order chi connectivity index (χ0) is 13.8. The van der Waals surface area contributed by atoms with Gasteiger partial charge in [-0.05, 0) is 19.4 Å².